The highest BCUT2D eigenvalue weighted by Crippen LogP contribution is 2.29. The molecule has 3 heterocycles. The molecule has 10 nitrogen and oxygen atoms in total. The van der Waals surface area contributed by atoms with Crippen LogP contribution in [0.2, 0.25) is 0 Å². The largest absolute Gasteiger partial charge is 0.338 e. The van der Waals surface area contributed by atoms with Crippen LogP contribution in [0.5, 0.6) is 0 Å². The summed E-state index contributed by atoms with van der Waals surface area (Å²) in [4.78, 5) is 13.4. The Morgan fingerprint density at radius 3 is 2.28 bits per heavy atom. The summed E-state index contributed by atoms with van der Waals surface area (Å²) in [7, 11) is -3.58. The van der Waals surface area contributed by atoms with Crippen LogP contribution in [-0.4, -0.2) is 69.7 Å². The fourth-order valence-corrected chi connectivity index (χ4v) is 5.24. The van der Waals surface area contributed by atoms with Gasteiger partial charge in [0.05, 0.1) is 10.9 Å². The maximum absolute atomic E-state index is 13.0. The number of hydrogen-bond donors (Lipinski definition) is 0. The van der Waals surface area contributed by atoms with Crippen molar-refractivity contribution in [2.45, 2.75) is 37.6 Å². The van der Waals surface area contributed by atoms with E-state index >= 15 is 0 Å². The monoisotopic (exact) mass is 456 g/mol. The van der Waals surface area contributed by atoms with E-state index in [0.29, 0.717) is 5.82 Å². The fourth-order valence-electron chi connectivity index (χ4n) is 4.03. The summed E-state index contributed by atoms with van der Waals surface area (Å²) in [5, 5.41) is 12.1. The minimum atomic E-state index is -3.58. The van der Waals surface area contributed by atoms with E-state index in [-0.39, 0.29) is 22.7 Å². The van der Waals surface area contributed by atoms with Gasteiger partial charge in [-0.05, 0) is 41.5 Å². The van der Waals surface area contributed by atoms with Crippen LogP contribution in [0.3, 0.4) is 0 Å². The van der Waals surface area contributed by atoms with Gasteiger partial charge in [-0.25, -0.2) is 23.1 Å². The summed E-state index contributed by atoms with van der Waals surface area (Å²) in [6, 6.07) is 8.54. The molecule has 1 fully saturated rings. The Balaban J connectivity index is 1.52. The molecule has 0 N–H and O–H groups in total. The van der Waals surface area contributed by atoms with Crippen molar-refractivity contribution in [2.75, 3.05) is 31.1 Å². The number of anilines is 1. The molecular weight excluding hydrogens is 428 g/mol. The van der Waals surface area contributed by atoms with E-state index in [1.807, 2.05) is 6.92 Å². The molecule has 0 spiro atoms. The molecule has 4 rings (SSSR count). The first-order valence-electron chi connectivity index (χ1n) is 10.7. The third-order valence-electron chi connectivity index (χ3n) is 5.67. The Morgan fingerprint density at radius 1 is 1.00 bits per heavy atom. The summed E-state index contributed by atoms with van der Waals surface area (Å²) >= 11 is 0. The fraction of sp³-hybridized carbons (Fsp3) is 0.476. The number of tetrazole rings is 1. The van der Waals surface area contributed by atoms with Gasteiger partial charge in [0.1, 0.15) is 0 Å². The Bertz CT molecular complexity index is 1120. The molecule has 1 aromatic carbocycles. The first-order chi connectivity index (χ1) is 15.3. The van der Waals surface area contributed by atoms with Crippen molar-refractivity contribution < 1.29 is 8.42 Å². The van der Waals surface area contributed by atoms with Crippen molar-refractivity contribution in [3.8, 4) is 0 Å². The standard InChI is InChI=1S/C21H28N8O2S/c1-16(2)19(27-11-13-28(14-12-27)21-22-9-4-10-23-21)20-24-25-26-29(20)15-32(30,31)18-7-5-17(3)6-8-18/h4-10,16,19H,11-15H2,1-3H3. The van der Waals surface area contributed by atoms with Gasteiger partial charge in [-0.3, -0.25) is 4.90 Å². The molecule has 3 aromatic rings. The second-order valence-corrected chi connectivity index (χ2v) is 10.3. The Morgan fingerprint density at radius 2 is 1.66 bits per heavy atom. The van der Waals surface area contributed by atoms with Crippen LogP contribution in [0.15, 0.2) is 47.6 Å². The molecule has 170 valence electrons. The van der Waals surface area contributed by atoms with E-state index in [0.717, 1.165) is 37.7 Å². The molecule has 0 saturated carbocycles. The molecular formula is C21H28N8O2S. The number of benzene rings is 1. The molecule has 1 saturated heterocycles. The maximum atomic E-state index is 13.0. The number of aryl methyl sites for hydroxylation is 1. The lowest BCUT2D eigenvalue weighted by atomic mass is 10.0. The van der Waals surface area contributed by atoms with Crippen LogP contribution in [0.1, 0.15) is 31.3 Å². The summed E-state index contributed by atoms with van der Waals surface area (Å²) in [5.41, 5.74) is 1.01. The van der Waals surface area contributed by atoms with Gasteiger partial charge in [-0.15, -0.1) is 5.10 Å². The molecule has 0 bridgehead atoms. The Hall–Kier alpha value is -2.92. The lowest BCUT2D eigenvalue weighted by molar-refractivity contribution is 0.135. The molecule has 11 heteroatoms. The van der Waals surface area contributed by atoms with E-state index in [2.05, 4.69) is 49.1 Å². The van der Waals surface area contributed by atoms with Gasteiger partial charge in [-0.2, -0.15) is 0 Å². The average molecular weight is 457 g/mol. The highest BCUT2D eigenvalue weighted by molar-refractivity contribution is 7.90. The zero-order valence-electron chi connectivity index (χ0n) is 18.5. The highest BCUT2D eigenvalue weighted by Gasteiger charge is 2.33. The minimum absolute atomic E-state index is 0.0999. The maximum Gasteiger partial charge on any atom is 0.225 e. The number of piperazine rings is 1. The van der Waals surface area contributed by atoms with Crippen molar-refractivity contribution >= 4 is 15.8 Å². The number of sulfone groups is 1. The van der Waals surface area contributed by atoms with Crippen LogP contribution in [0, 0.1) is 12.8 Å². The van der Waals surface area contributed by atoms with Gasteiger partial charge in [0.25, 0.3) is 0 Å². The van der Waals surface area contributed by atoms with Crippen molar-refractivity contribution in [1.82, 2.24) is 35.1 Å². The van der Waals surface area contributed by atoms with Crippen molar-refractivity contribution in [3.63, 3.8) is 0 Å². The minimum Gasteiger partial charge on any atom is -0.338 e. The molecule has 2 aromatic heterocycles. The Labute approximate surface area is 188 Å². The van der Waals surface area contributed by atoms with E-state index in [4.69, 9.17) is 0 Å². The second kappa shape index (κ2) is 9.29. The van der Waals surface area contributed by atoms with Crippen LogP contribution < -0.4 is 4.90 Å². The molecule has 0 radical (unpaired) electrons. The smallest absolute Gasteiger partial charge is 0.225 e. The van der Waals surface area contributed by atoms with Gasteiger partial charge in [0, 0.05) is 38.6 Å². The average Bonchev–Trinajstić information content (AvgIpc) is 3.22. The Kier molecular flexibility index (Phi) is 6.47. The molecule has 1 atom stereocenters. The third-order valence-corrected chi connectivity index (χ3v) is 7.25. The third kappa shape index (κ3) is 4.78. The lowest BCUT2D eigenvalue weighted by Crippen LogP contribution is -2.49. The zero-order chi connectivity index (χ0) is 22.7. The van der Waals surface area contributed by atoms with Crippen LogP contribution in [0.4, 0.5) is 5.95 Å². The number of aromatic nitrogens is 6. The van der Waals surface area contributed by atoms with Gasteiger partial charge in [0.2, 0.25) is 5.95 Å². The van der Waals surface area contributed by atoms with E-state index < -0.39 is 9.84 Å². The number of hydrogen-bond acceptors (Lipinski definition) is 9. The van der Waals surface area contributed by atoms with Gasteiger partial charge >= 0.3 is 0 Å². The quantitative estimate of drug-likeness (QED) is 0.525. The highest BCUT2D eigenvalue weighted by atomic mass is 32.2. The van der Waals surface area contributed by atoms with Crippen LogP contribution in [-0.2, 0) is 15.7 Å². The van der Waals surface area contributed by atoms with Gasteiger partial charge in [0.15, 0.2) is 21.5 Å². The molecule has 32 heavy (non-hydrogen) atoms. The van der Waals surface area contributed by atoms with Crippen molar-refractivity contribution in [2.24, 2.45) is 5.92 Å². The normalized spacial score (nSPS) is 16.4. The van der Waals surface area contributed by atoms with Gasteiger partial charge < -0.3 is 4.90 Å². The van der Waals surface area contributed by atoms with Crippen molar-refractivity contribution in [1.29, 1.82) is 0 Å². The van der Waals surface area contributed by atoms with E-state index in [1.54, 1.807) is 42.7 Å². The summed E-state index contributed by atoms with van der Waals surface area (Å²) in [6.45, 7) is 9.23. The molecule has 0 amide bonds. The number of nitrogens with zero attached hydrogens (tertiary/aromatic N) is 8. The molecule has 1 unspecified atom stereocenters. The molecule has 1 aliphatic rings. The predicted octanol–water partition coefficient (Wildman–Crippen LogP) is 1.72. The summed E-state index contributed by atoms with van der Waals surface area (Å²) < 4.78 is 27.4. The summed E-state index contributed by atoms with van der Waals surface area (Å²) in [5.74, 6) is 1.20. The van der Waals surface area contributed by atoms with E-state index in [9.17, 15) is 8.42 Å². The number of rotatable bonds is 7. The SMILES string of the molecule is Cc1ccc(S(=O)(=O)Cn2nnnc2C(C(C)C)N2CCN(c3ncccn3)CC2)cc1. The van der Waals surface area contributed by atoms with Gasteiger partial charge in [-0.1, -0.05) is 31.5 Å². The molecule has 0 aliphatic carbocycles. The second-order valence-electron chi connectivity index (χ2n) is 8.35. The first-order valence-corrected chi connectivity index (χ1v) is 12.3. The predicted molar refractivity (Wildman–Crippen MR) is 120 cm³/mol. The zero-order valence-corrected chi connectivity index (χ0v) is 19.4. The summed E-state index contributed by atoms with van der Waals surface area (Å²) in [6.07, 6.45) is 3.49. The van der Waals surface area contributed by atoms with Crippen LogP contribution >= 0.6 is 0 Å². The first kappa shape index (κ1) is 22.3. The van der Waals surface area contributed by atoms with Crippen molar-refractivity contribution in [3.05, 3.63) is 54.1 Å². The lowest BCUT2D eigenvalue weighted by Gasteiger charge is -2.40. The van der Waals surface area contributed by atoms with E-state index in [1.165, 1.54) is 4.68 Å². The molecule has 1 aliphatic heterocycles. The topological polar surface area (TPSA) is 110 Å². The van der Waals surface area contributed by atoms with Crippen LogP contribution in [0.25, 0.3) is 0 Å².